The van der Waals surface area contributed by atoms with Crippen molar-refractivity contribution in [2.24, 2.45) is 5.41 Å². The van der Waals surface area contributed by atoms with E-state index in [2.05, 4.69) is 15.5 Å². The lowest BCUT2D eigenvalue weighted by atomic mass is 9.85. The summed E-state index contributed by atoms with van der Waals surface area (Å²) in [5, 5.41) is 5.97. The van der Waals surface area contributed by atoms with Crippen LogP contribution >= 0.6 is 0 Å². The highest BCUT2D eigenvalue weighted by Gasteiger charge is 2.54. The fourth-order valence-electron chi connectivity index (χ4n) is 5.90. The SMILES string of the molecule is CNC(C)C(=O)NC(C(=O)N1CCC2C1C(OCc1ccc(F)cc1)CN2C1CCOCC1)C(C)(C)C. The van der Waals surface area contributed by atoms with Crippen LogP contribution in [0.4, 0.5) is 4.39 Å². The summed E-state index contributed by atoms with van der Waals surface area (Å²) in [6.45, 7) is 11.0. The first-order chi connectivity index (χ1) is 17.6. The first kappa shape index (κ1) is 28.0. The minimum absolute atomic E-state index is 0.0548. The summed E-state index contributed by atoms with van der Waals surface area (Å²) < 4.78 is 25.5. The van der Waals surface area contributed by atoms with Gasteiger partial charge in [0, 0.05) is 38.4 Å². The van der Waals surface area contributed by atoms with Gasteiger partial charge in [-0.1, -0.05) is 32.9 Å². The molecule has 9 heteroatoms. The lowest BCUT2D eigenvalue weighted by Gasteiger charge is -2.37. The third-order valence-electron chi connectivity index (χ3n) is 8.16. The molecule has 0 saturated carbocycles. The van der Waals surface area contributed by atoms with Crippen LogP contribution in [-0.2, 0) is 25.7 Å². The summed E-state index contributed by atoms with van der Waals surface area (Å²) in [5.74, 6) is -0.516. The highest BCUT2D eigenvalue weighted by Crippen LogP contribution is 2.38. The molecule has 1 aromatic carbocycles. The lowest BCUT2D eigenvalue weighted by molar-refractivity contribution is -0.142. The van der Waals surface area contributed by atoms with Crippen LogP contribution in [0.5, 0.6) is 0 Å². The number of rotatable bonds is 8. The smallest absolute Gasteiger partial charge is 0.246 e. The zero-order chi connectivity index (χ0) is 26.7. The van der Waals surface area contributed by atoms with Crippen LogP contribution in [0.1, 0.15) is 52.5 Å². The Morgan fingerprint density at radius 3 is 2.46 bits per heavy atom. The van der Waals surface area contributed by atoms with Gasteiger partial charge in [0.1, 0.15) is 11.9 Å². The van der Waals surface area contributed by atoms with E-state index in [0.29, 0.717) is 19.2 Å². The monoisotopic (exact) mass is 518 g/mol. The molecular formula is C28H43FN4O4. The maximum absolute atomic E-state index is 14.1. The molecule has 4 rings (SSSR count). The van der Waals surface area contributed by atoms with Gasteiger partial charge in [-0.05, 0) is 56.3 Å². The van der Waals surface area contributed by atoms with Gasteiger partial charge in [-0.2, -0.15) is 0 Å². The predicted molar refractivity (Wildman–Crippen MR) is 139 cm³/mol. The fraction of sp³-hybridized carbons (Fsp3) is 0.714. The number of hydrogen-bond acceptors (Lipinski definition) is 6. The van der Waals surface area contributed by atoms with Gasteiger partial charge in [-0.25, -0.2) is 4.39 Å². The van der Waals surface area contributed by atoms with Crippen molar-refractivity contribution in [2.45, 2.75) is 89.9 Å². The molecule has 0 aromatic heterocycles. The molecule has 5 atom stereocenters. The molecule has 3 aliphatic heterocycles. The Kier molecular flexibility index (Phi) is 8.89. The van der Waals surface area contributed by atoms with Crippen molar-refractivity contribution in [3.05, 3.63) is 35.6 Å². The summed E-state index contributed by atoms with van der Waals surface area (Å²) in [4.78, 5) is 31.3. The number of nitrogens with zero attached hydrogens (tertiary/aromatic N) is 2. The number of ether oxygens (including phenoxy) is 2. The number of carbonyl (C=O) groups is 2. The van der Waals surface area contributed by atoms with E-state index in [1.807, 2.05) is 25.7 Å². The average molecular weight is 519 g/mol. The summed E-state index contributed by atoms with van der Waals surface area (Å²) in [5.41, 5.74) is 0.445. The van der Waals surface area contributed by atoms with Gasteiger partial charge in [0.2, 0.25) is 11.8 Å². The normalized spacial score (nSPS) is 26.6. The Morgan fingerprint density at radius 2 is 1.84 bits per heavy atom. The van der Waals surface area contributed by atoms with E-state index < -0.39 is 17.5 Å². The van der Waals surface area contributed by atoms with E-state index in [0.717, 1.165) is 44.6 Å². The van der Waals surface area contributed by atoms with Gasteiger partial charge >= 0.3 is 0 Å². The third kappa shape index (κ3) is 6.33. The zero-order valence-corrected chi connectivity index (χ0v) is 22.8. The molecule has 3 aliphatic rings. The molecule has 8 nitrogen and oxygen atoms in total. The molecule has 3 fully saturated rings. The van der Waals surface area contributed by atoms with Crippen LogP contribution in [0.3, 0.4) is 0 Å². The number of likely N-dealkylation sites (tertiary alicyclic amines) is 2. The Morgan fingerprint density at radius 1 is 1.16 bits per heavy atom. The average Bonchev–Trinajstić information content (AvgIpc) is 3.47. The van der Waals surface area contributed by atoms with Crippen molar-refractivity contribution in [3.63, 3.8) is 0 Å². The van der Waals surface area contributed by atoms with E-state index >= 15 is 0 Å². The highest BCUT2D eigenvalue weighted by molar-refractivity contribution is 5.90. The molecule has 2 amide bonds. The van der Waals surface area contributed by atoms with Crippen molar-refractivity contribution >= 4 is 11.8 Å². The first-order valence-corrected chi connectivity index (χ1v) is 13.6. The quantitative estimate of drug-likeness (QED) is 0.550. The summed E-state index contributed by atoms with van der Waals surface area (Å²) in [7, 11) is 1.73. The summed E-state index contributed by atoms with van der Waals surface area (Å²) in [6, 6.07) is 5.84. The maximum atomic E-state index is 14.1. The third-order valence-corrected chi connectivity index (χ3v) is 8.16. The maximum Gasteiger partial charge on any atom is 0.246 e. The largest absolute Gasteiger partial charge is 0.381 e. The Balaban J connectivity index is 1.55. The van der Waals surface area contributed by atoms with Gasteiger partial charge in [-0.15, -0.1) is 0 Å². The van der Waals surface area contributed by atoms with E-state index in [1.54, 1.807) is 26.1 Å². The molecule has 5 unspecified atom stereocenters. The standard InChI is InChI=1S/C28H43FN4O4/c1-18(30-5)26(34)31-25(28(2,3)4)27(35)32-13-10-22-24(32)23(16-33(22)21-11-14-36-15-12-21)37-17-19-6-8-20(29)9-7-19/h6-9,18,21-25,30H,10-17H2,1-5H3,(H,31,34). The van der Waals surface area contributed by atoms with Gasteiger partial charge in [0.05, 0.1) is 24.8 Å². The Labute approximate surface area is 220 Å². The number of nitrogens with one attached hydrogen (secondary N) is 2. The summed E-state index contributed by atoms with van der Waals surface area (Å²) >= 11 is 0. The number of amides is 2. The van der Waals surface area contributed by atoms with Crippen LogP contribution in [-0.4, -0.2) is 91.3 Å². The van der Waals surface area contributed by atoms with Crippen LogP contribution in [0, 0.1) is 11.2 Å². The van der Waals surface area contributed by atoms with E-state index in [-0.39, 0.29) is 35.8 Å². The van der Waals surface area contributed by atoms with Crippen LogP contribution in [0.2, 0.25) is 0 Å². The van der Waals surface area contributed by atoms with Crippen molar-refractivity contribution in [3.8, 4) is 0 Å². The molecule has 3 saturated heterocycles. The number of hydrogen-bond donors (Lipinski definition) is 2. The molecule has 0 bridgehead atoms. The molecule has 206 valence electrons. The molecule has 3 heterocycles. The number of fused-ring (bicyclic) bond motifs is 1. The molecule has 0 aliphatic carbocycles. The van der Waals surface area contributed by atoms with E-state index in [4.69, 9.17) is 9.47 Å². The number of benzene rings is 1. The highest BCUT2D eigenvalue weighted by atomic mass is 19.1. The fourth-order valence-corrected chi connectivity index (χ4v) is 5.90. The minimum atomic E-state index is -0.649. The van der Waals surface area contributed by atoms with E-state index in [9.17, 15) is 14.0 Å². The molecule has 1 aromatic rings. The second-order valence-electron chi connectivity index (χ2n) is 11.7. The van der Waals surface area contributed by atoms with E-state index in [1.165, 1.54) is 12.1 Å². The van der Waals surface area contributed by atoms with Gasteiger partial charge in [-0.3, -0.25) is 14.5 Å². The van der Waals surface area contributed by atoms with Crippen LogP contribution < -0.4 is 10.6 Å². The zero-order valence-electron chi connectivity index (χ0n) is 22.8. The Bertz CT molecular complexity index is 931. The molecule has 0 spiro atoms. The van der Waals surface area contributed by atoms with Gasteiger partial charge in [0.25, 0.3) is 0 Å². The topological polar surface area (TPSA) is 83.1 Å². The minimum Gasteiger partial charge on any atom is -0.381 e. The lowest BCUT2D eigenvalue weighted by Crippen LogP contribution is -2.59. The van der Waals surface area contributed by atoms with Crippen molar-refractivity contribution in [2.75, 3.05) is 33.4 Å². The van der Waals surface area contributed by atoms with Gasteiger partial charge in [0.15, 0.2) is 0 Å². The second-order valence-corrected chi connectivity index (χ2v) is 11.7. The molecule has 2 N–H and O–H groups in total. The first-order valence-electron chi connectivity index (χ1n) is 13.6. The van der Waals surface area contributed by atoms with Crippen molar-refractivity contribution < 1.29 is 23.5 Å². The molecule has 0 radical (unpaired) electrons. The number of halogens is 1. The Hall–Kier alpha value is -2.07. The molecular weight excluding hydrogens is 475 g/mol. The van der Waals surface area contributed by atoms with Crippen molar-refractivity contribution in [1.82, 2.24) is 20.4 Å². The van der Waals surface area contributed by atoms with Gasteiger partial charge < -0.3 is 25.0 Å². The molecule has 37 heavy (non-hydrogen) atoms. The van der Waals surface area contributed by atoms with Crippen molar-refractivity contribution in [1.29, 1.82) is 0 Å². The second kappa shape index (κ2) is 11.8. The number of likely N-dealkylation sites (N-methyl/N-ethyl adjacent to an activating group) is 1. The predicted octanol–water partition coefficient (Wildman–Crippen LogP) is 2.31. The number of carbonyl (C=O) groups excluding carboxylic acids is 2. The van der Waals surface area contributed by atoms with Crippen LogP contribution in [0.15, 0.2) is 24.3 Å². The summed E-state index contributed by atoms with van der Waals surface area (Å²) in [6.07, 6.45) is 2.66. The van der Waals surface area contributed by atoms with Crippen LogP contribution in [0.25, 0.3) is 0 Å².